The van der Waals surface area contributed by atoms with Crippen LogP contribution in [-0.4, -0.2) is 28.9 Å². The number of anilines is 1. The number of halogens is 3. The van der Waals surface area contributed by atoms with Crippen molar-refractivity contribution >= 4 is 52.1 Å². The first-order valence-corrected chi connectivity index (χ1v) is 11.1. The monoisotopic (exact) mass is 465 g/mol. The van der Waals surface area contributed by atoms with E-state index in [0.717, 1.165) is 24.8 Å². The largest absolute Gasteiger partial charge is 0.391 e. The standard InChI is InChI=1S/C22H22Cl3N3O2/c23-14-7-5-13(6-8-14)20-12-18(22(30)26-17-3-1-2-4-21(17)29)27-28(20)19-10-9-15(24)11-16(19)25/h5-11,17,20-21,29H,1-4,12H2,(H,26,30)/t17-,20+,21-/m0/s1. The summed E-state index contributed by atoms with van der Waals surface area (Å²) < 4.78 is 0. The molecule has 0 unspecified atom stereocenters. The van der Waals surface area contributed by atoms with Crippen LogP contribution in [0.5, 0.6) is 0 Å². The van der Waals surface area contributed by atoms with Gasteiger partial charge in [0.2, 0.25) is 0 Å². The Labute approximate surface area is 190 Å². The van der Waals surface area contributed by atoms with Crippen molar-refractivity contribution < 1.29 is 9.90 Å². The second-order valence-electron chi connectivity index (χ2n) is 7.69. The van der Waals surface area contributed by atoms with Gasteiger partial charge in [0, 0.05) is 16.5 Å². The minimum atomic E-state index is -0.515. The molecule has 0 spiro atoms. The Morgan fingerprint density at radius 3 is 2.43 bits per heavy atom. The summed E-state index contributed by atoms with van der Waals surface area (Å²) in [5.41, 5.74) is 2.04. The molecule has 0 saturated heterocycles. The molecule has 1 aliphatic carbocycles. The van der Waals surface area contributed by atoms with E-state index < -0.39 is 6.10 Å². The third-order valence-electron chi connectivity index (χ3n) is 5.63. The number of amides is 1. The molecule has 30 heavy (non-hydrogen) atoms. The summed E-state index contributed by atoms with van der Waals surface area (Å²) in [5, 5.41) is 21.2. The van der Waals surface area contributed by atoms with E-state index >= 15 is 0 Å². The molecular formula is C22H22Cl3N3O2. The van der Waals surface area contributed by atoms with Gasteiger partial charge in [0.15, 0.2) is 0 Å². The average Bonchev–Trinajstić information content (AvgIpc) is 3.15. The topological polar surface area (TPSA) is 64.9 Å². The predicted molar refractivity (Wildman–Crippen MR) is 122 cm³/mol. The van der Waals surface area contributed by atoms with Gasteiger partial charge in [0.05, 0.1) is 28.9 Å². The van der Waals surface area contributed by atoms with Crippen molar-refractivity contribution in [1.29, 1.82) is 0 Å². The molecule has 1 heterocycles. The van der Waals surface area contributed by atoms with Crippen LogP contribution in [0.4, 0.5) is 5.69 Å². The normalized spacial score (nSPS) is 23.9. The molecule has 1 amide bonds. The summed E-state index contributed by atoms with van der Waals surface area (Å²) in [7, 11) is 0. The van der Waals surface area contributed by atoms with E-state index in [4.69, 9.17) is 34.8 Å². The highest BCUT2D eigenvalue weighted by molar-refractivity contribution is 6.40. The van der Waals surface area contributed by atoms with Gasteiger partial charge in [-0.3, -0.25) is 9.80 Å². The quantitative estimate of drug-likeness (QED) is 0.636. The highest BCUT2D eigenvalue weighted by Gasteiger charge is 2.35. The van der Waals surface area contributed by atoms with Gasteiger partial charge in [-0.15, -0.1) is 0 Å². The first kappa shape index (κ1) is 21.4. The Morgan fingerprint density at radius 1 is 1.03 bits per heavy atom. The Hall–Kier alpha value is -1.79. The van der Waals surface area contributed by atoms with Crippen molar-refractivity contribution in [3.05, 3.63) is 63.1 Å². The van der Waals surface area contributed by atoms with E-state index in [-0.39, 0.29) is 18.0 Å². The van der Waals surface area contributed by atoms with Crippen LogP contribution in [0.15, 0.2) is 47.6 Å². The molecule has 1 aliphatic heterocycles. The van der Waals surface area contributed by atoms with Crippen LogP contribution in [0.3, 0.4) is 0 Å². The molecule has 2 aromatic carbocycles. The molecule has 1 saturated carbocycles. The Morgan fingerprint density at radius 2 is 1.73 bits per heavy atom. The van der Waals surface area contributed by atoms with Gasteiger partial charge >= 0.3 is 0 Å². The van der Waals surface area contributed by atoms with Gasteiger partial charge in [-0.25, -0.2) is 0 Å². The maximum atomic E-state index is 13.0. The number of rotatable bonds is 4. The summed E-state index contributed by atoms with van der Waals surface area (Å²) in [6.07, 6.45) is 3.35. The van der Waals surface area contributed by atoms with Gasteiger partial charge in [-0.2, -0.15) is 5.10 Å². The second kappa shape index (κ2) is 9.15. The molecule has 4 rings (SSSR count). The summed E-state index contributed by atoms with van der Waals surface area (Å²) in [5.74, 6) is -0.257. The molecule has 1 fully saturated rings. The number of carbonyl (C=O) groups is 1. The lowest BCUT2D eigenvalue weighted by Crippen LogP contribution is -2.47. The van der Waals surface area contributed by atoms with Gasteiger partial charge in [-0.05, 0) is 48.7 Å². The number of nitrogens with one attached hydrogen (secondary N) is 1. The van der Waals surface area contributed by atoms with Crippen LogP contribution < -0.4 is 10.3 Å². The maximum absolute atomic E-state index is 13.0. The lowest BCUT2D eigenvalue weighted by molar-refractivity contribution is -0.116. The van der Waals surface area contributed by atoms with Crippen LogP contribution in [0.2, 0.25) is 15.1 Å². The van der Waals surface area contributed by atoms with E-state index in [9.17, 15) is 9.90 Å². The number of nitrogens with zero attached hydrogens (tertiary/aromatic N) is 2. The number of hydrogen-bond donors (Lipinski definition) is 2. The molecule has 2 aliphatic rings. The van der Waals surface area contributed by atoms with Crippen molar-refractivity contribution in [3.8, 4) is 0 Å². The Bertz CT molecular complexity index is 965. The van der Waals surface area contributed by atoms with Crippen LogP contribution in [0.1, 0.15) is 43.7 Å². The number of aliphatic hydroxyl groups is 1. The summed E-state index contributed by atoms with van der Waals surface area (Å²) in [6.45, 7) is 0. The fourth-order valence-corrected chi connectivity index (χ4v) is 4.63. The van der Waals surface area contributed by atoms with Gasteiger partial charge in [-0.1, -0.05) is 59.8 Å². The molecule has 158 valence electrons. The van der Waals surface area contributed by atoms with Crippen molar-refractivity contribution in [1.82, 2.24) is 5.32 Å². The summed E-state index contributed by atoms with van der Waals surface area (Å²) in [6, 6.07) is 12.2. The van der Waals surface area contributed by atoms with E-state index in [1.807, 2.05) is 24.3 Å². The average molecular weight is 467 g/mol. The molecule has 8 heteroatoms. The van der Waals surface area contributed by atoms with E-state index in [1.54, 1.807) is 23.2 Å². The third kappa shape index (κ3) is 4.59. The number of aliphatic hydroxyl groups excluding tert-OH is 1. The number of hydrogen-bond acceptors (Lipinski definition) is 4. The predicted octanol–water partition coefficient (Wildman–Crippen LogP) is 5.37. The van der Waals surface area contributed by atoms with Crippen molar-refractivity contribution in [2.45, 2.75) is 50.3 Å². The minimum Gasteiger partial charge on any atom is -0.391 e. The number of hydrazone groups is 1. The smallest absolute Gasteiger partial charge is 0.267 e. The molecule has 2 aromatic rings. The highest BCUT2D eigenvalue weighted by Crippen LogP contribution is 2.40. The lowest BCUT2D eigenvalue weighted by Gasteiger charge is -2.28. The van der Waals surface area contributed by atoms with Gasteiger partial charge in [0.1, 0.15) is 5.71 Å². The maximum Gasteiger partial charge on any atom is 0.267 e. The zero-order valence-electron chi connectivity index (χ0n) is 16.2. The third-order valence-corrected chi connectivity index (χ3v) is 6.42. The summed E-state index contributed by atoms with van der Waals surface area (Å²) >= 11 is 18.5. The lowest BCUT2D eigenvalue weighted by atomic mass is 9.92. The molecule has 2 N–H and O–H groups in total. The molecule has 5 nitrogen and oxygen atoms in total. The first-order valence-electron chi connectivity index (χ1n) is 9.98. The fraction of sp³-hybridized carbons (Fsp3) is 0.364. The molecule has 3 atom stereocenters. The molecule has 0 aromatic heterocycles. The SMILES string of the molecule is O=C(N[C@H]1CCCC[C@@H]1O)C1=NN(c2ccc(Cl)cc2Cl)[C@@H](c2ccc(Cl)cc2)C1. The van der Waals surface area contributed by atoms with Gasteiger partial charge in [0.25, 0.3) is 5.91 Å². The Kier molecular flexibility index (Phi) is 6.54. The summed E-state index contributed by atoms with van der Waals surface area (Å²) in [4.78, 5) is 13.0. The Balaban J connectivity index is 1.63. The molecule has 0 bridgehead atoms. The first-order chi connectivity index (χ1) is 14.4. The molecular weight excluding hydrogens is 445 g/mol. The van der Waals surface area contributed by atoms with Gasteiger partial charge < -0.3 is 10.4 Å². The van der Waals surface area contributed by atoms with Crippen molar-refractivity contribution in [3.63, 3.8) is 0 Å². The van der Waals surface area contributed by atoms with Crippen LogP contribution in [0, 0.1) is 0 Å². The van der Waals surface area contributed by atoms with E-state index in [2.05, 4.69) is 10.4 Å². The van der Waals surface area contributed by atoms with E-state index in [0.29, 0.717) is 39.3 Å². The highest BCUT2D eigenvalue weighted by atomic mass is 35.5. The fourth-order valence-electron chi connectivity index (χ4n) is 4.01. The number of benzene rings is 2. The van der Waals surface area contributed by atoms with Crippen molar-refractivity contribution in [2.24, 2.45) is 5.10 Å². The molecule has 0 radical (unpaired) electrons. The minimum absolute atomic E-state index is 0.210. The second-order valence-corrected chi connectivity index (χ2v) is 8.97. The zero-order chi connectivity index (χ0) is 21.3. The van der Waals surface area contributed by atoms with Crippen molar-refractivity contribution in [2.75, 3.05) is 5.01 Å². The van der Waals surface area contributed by atoms with Crippen LogP contribution in [0.25, 0.3) is 0 Å². The van der Waals surface area contributed by atoms with Crippen LogP contribution in [-0.2, 0) is 4.79 Å². The van der Waals surface area contributed by atoms with E-state index in [1.165, 1.54) is 0 Å². The van der Waals surface area contributed by atoms with Crippen LogP contribution >= 0.6 is 34.8 Å². The zero-order valence-corrected chi connectivity index (χ0v) is 18.5. The number of carbonyl (C=O) groups excluding carboxylic acids is 1.